The van der Waals surface area contributed by atoms with Crippen LogP contribution >= 0.6 is 0 Å². The van der Waals surface area contributed by atoms with Gasteiger partial charge in [0.15, 0.2) is 0 Å². The van der Waals surface area contributed by atoms with E-state index in [0.717, 1.165) is 65.2 Å². The summed E-state index contributed by atoms with van der Waals surface area (Å²) in [5.41, 5.74) is 7.09. The van der Waals surface area contributed by atoms with Gasteiger partial charge in [-0.3, -0.25) is 4.79 Å². The second-order valence-electron chi connectivity index (χ2n) is 8.71. The highest BCUT2D eigenvalue weighted by molar-refractivity contribution is 6.02. The van der Waals surface area contributed by atoms with Gasteiger partial charge < -0.3 is 24.1 Å². The minimum atomic E-state index is -0.0442. The highest BCUT2D eigenvalue weighted by Gasteiger charge is 2.24. The van der Waals surface area contributed by atoms with Crippen LogP contribution in [-0.2, 0) is 13.7 Å². The maximum atomic E-state index is 12.2. The Morgan fingerprint density at radius 3 is 2.66 bits per heavy atom. The number of hydrogen-bond acceptors (Lipinski definition) is 5. The molecule has 0 saturated carbocycles. The molecule has 0 unspecified atom stereocenters. The summed E-state index contributed by atoms with van der Waals surface area (Å²) in [6, 6.07) is 10.3. The van der Waals surface area contributed by atoms with Crippen molar-refractivity contribution in [3.05, 3.63) is 64.8 Å². The first-order chi connectivity index (χ1) is 15.6. The van der Waals surface area contributed by atoms with E-state index >= 15 is 0 Å². The molecule has 0 atom stereocenters. The number of aromatic nitrogens is 3. The molecule has 0 bridgehead atoms. The van der Waals surface area contributed by atoms with E-state index in [1.54, 1.807) is 23.9 Å². The van der Waals surface area contributed by atoms with E-state index in [1.165, 1.54) is 11.3 Å². The van der Waals surface area contributed by atoms with Gasteiger partial charge >= 0.3 is 0 Å². The standard InChI is InChI=1S/C25H25N5O2/c1-28-7-9-30(10-8-28)18-3-4-19-17(11-18)15-32-24-21(19)14-27-25-23(24)20(13-26-25)16-5-6-29(2)22(31)12-16/h3-6,11-14H,7-10,15H2,1-2H3,(H,26,27). The third kappa shape index (κ3) is 3.00. The first kappa shape index (κ1) is 19.1. The largest absolute Gasteiger partial charge is 0.487 e. The summed E-state index contributed by atoms with van der Waals surface area (Å²) in [6.07, 6.45) is 5.58. The molecule has 4 aromatic rings. The van der Waals surface area contributed by atoms with Crippen molar-refractivity contribution in [3.63, 3.8) is 0 Å². The number of nitrogens with one attached hydrogen (secondary N) is 1. The average molecular weight is 428 g/mol. The maximum Gasteiger partial charge on any atom is 0.250 e. The first-order valence-electron chi connectivity index (χ1n) is 11.0. The van der Waals surface area contributed by atoms with Crippen LogP contribution in [0.4, 0.5) is 5.69 Å². The van der Waals surface area contributed by atoms with Crippen LogP contribution in [-0.4, -0.2) is 52.7 Å². The number of aromatic amines is 1. The number of fused-ring (bicyclic) bond motifs is 5. The monoisotopic (exact) mass is 427 g/mol. The van der Waals surface area contributed by atoms with Crippen LogP contribution in [0.2, 0.25) is 0 Å². The van der Waals surface area contributed by atoms with Crippen molar-refractivity contribution in [2.45, 2.75) is 6.61 Å². The lowest BCUT2D eigenvalue weighted by molar-refractivity contribution is 0.305. The normalized spacial score (nSPS) is 16.0. The van der Waals surface area contributed by atoms with Gasteiger partial charge in [-0.05, 0) is 41.9 Å². The van der Waals surface area contributed by atoms with Gasteiger partial charge in [-0.25, -0.2) is 4.98 Å². The molecule has 6 rings (SSSR count). The van der Waals surface area contributed by atoms with Gasteiger partial charge in [-0.1, -0.05) is 6.07 Å². The Labute approximate surface area is 185 Å². The fourth-order valence-electron chi connectivity index (χ4n) is 4.73. The van der Waals surface area contributed by atoms with E-state index in [0.29, 0.717) is 6.61 Å². The van der Waals surface area contributed by atoms with Gasteiger partial charge in [0.05, 0.1) is 5.39 Å². The molecule has 2 aliphatic heterocycles. The van der Waals surface area contributed by atoms with Crippen LogP contribution in [0, 0.1) is 0 Å². The number of pyridine rings is 2. The summed E-state index contributed by atoms with van der Waals surface area (Å²) in [5, 5.41) is 0.921. The van der Waals surface area contributed by atoms with Crippen molar-refractivity contribution < 1.29 is 4.74 Å². The SMILES string of the molecule is CN1CCN(c2ccc3c(c2)COc2c-3cnc3[nH]cc(-c4ccn(C)c(=O)c4)c23)CC1. The average Bonchev–Trinajstić information content (AvgIpc) is 3.25. The number of piperazine rings is 1. The number of rotatable bonds is 2. The van der Waals surface area contributed by atoms with Gasteiger partial charge in [-0.2, -0.15) is 0 Å². The van der Waals surface area contributed by atoms with Crippen LogP contribution in [0.1, 0.15) is 5.56 Å². The van der Waals surface area contributed by atoms with E-state index in [4.69, 9.17) is 4.74 Å². The molecule has 7 heteroatoms. The van der Waals surface area contributed by atoms with Gasteiger partial charge in [-0.15, -0.1) is 0 Å². The van der Waals surface area contributed by atoms with Gasteiger partial charge in [0, 0.05) is 74.7 Å². The molecule has 0 amide bonds. The fourth-order valence-corrected chi connectivity index (χ4v) is 4.73. The second kappa shape index (κ2) is 7.24. The molecule has 0 radical (unpaired) electrons. The zero-order valence-electron chi connectivity index (χ0n) is 18.3. The molecular formula is C25H25N5O2. The first-order valence-corrected chi connectivity index (χ1v) is 11.0. The molecule has 2 aliphatic rings. The van der Waals surface area contributed by atoms with E-state index in [9.17, 15) is 4.79 Å². The Morgan fingerprint density at radius 1 is 1.00 bits per heavy atom. The van der Waals surface area contributed by atoms with Gasteiger partial charge in [0.1, 0.15) is 18.0 Å². The summed E-state index contributed by atoms with van der Waals surface area (Å²) >= 11 is 0. The van der Waals surface area contributed by atoms with Crippen LogP contribution < -0.4 is 15.2 Å². The lowest BCUT2D eigenvalue weighted by Crippen LogP contribution is -2.44. The molecule has 1 fully saturated rings. The molecule has 0 aliphatic carbocycles. The number of anilines is 1. The second-order valence-corrected chi connectivity index (χ2v) is 8.71. The Morgan fingerprint density at radius 2 is 1.84 bits per heavy atom. The lowest BCUT2D eigenvalue weighted by Gasteiger charge is -2.34. The molecule has 1 aromatic carbocycles. The predicted molar refractivity (Wildman–Crippen MR) is 126 cm³/mol. The Kier molecular flexibility index (Phi) is 4.33. The molecule has 1 N–H and O–H groups in total. The number of nitrogens with zero attached hydrogens (tertiary/aromatic N) is 4. The van der Waals surface area contributed by atoms with Crippen molar-refractivity contribution in [3.8, 4) is 28.0 Å². The molecule has 7 nitrogen and oxygen atoms in total. The minimum Gasteiger partial charge on any atom is -0.487 e. The number of likely N-dealkylation sites (N-methyl/N-ethyl adjacent to an activating group) is 1. The van der Waals surface area contributed by atoms with Gasteiger partial charge in [0.2, 0.25) is 0 Å². The van der Waals surface area contributed by atoms with Gasteiger partial charge in [0.25, 0.3) is 5.56 Å². The number of aryl methyl sites for hydroxylation is 1. The van der Waals surface area contributed by atoms with Crippen molar-refractivity contribution in [1.82, 2.24) is 19.4 Å². The Hall–Kier alpha value is -3.58. The fraction of sp³-hybridized carbons (Fsp3) is 0.280. The third-order valence-electron chi connectivity index (χ3n) is 6.69. The van der Waals surface area contributed by atoms with Crippen molar-refractivity contribution in [2.75, 3.05) is 38.1 Å². The highest BCUT2D eigenvalue weighted by Crippen LogP contribution is 2.45. The van der Waals surface area contributed by atoms with Crippen LogP contribution in [0.3, 0.4) is 0 Å². The van der Waals surface area contributed by atoms with Crippen LogP contribution in [0.15, 0.2) is 53.7 Å². The summed E-state index contributed by atoms with van der Waals surface area (Å²) in [5.74, 6) is 0.826. The lowest BCUT2D eigenvalue weighted by atomic mass is 9.95. The molecule has 1 saturated heterocycles. The topological polar surface area (TPSA) is 66.4 Å². The zero-order chi connectivity index (χ0) is 21.8. The summed E-state index contributed by atoms with van der Waals surface area (Å²) in [6.45, 7) is 4.76. The Balaban J connectivity index is 1.44. The van der Waals surface area contributed by atoms with Crippen molar-refractivity contribution >= 4 is 16.7 Å². The van der Waals surface area contributed by atoms with E-state index in [2.05, 4.69) is 45.0 Å². The highest BCUT2D eigenvalue weighted by atomic mass is 16.5. The van der Waals surface area contributed by atoms with E-state index in [-0.39, 0.29) is 5.56 Å². The predicted octanol–water partition coefficient (Wildman–Crippen LogP) is 3.24. The molecule has 162 valence electrons. The van der Waals surface area contributed by atoms with Crippen molar-refractivity contribution in [1.29, 1.82) is 0 Å². The van der Waals surface area contributed by atoms with Crippen molar-refractivity contribution in [2.24, 2.45) is 7.05 Å². The maximum absolute atomic E-state index is 12.2. The minimum absolute atomic E-state index is 0.0442. The number of hydrogen-bond donors (Lipinski definition) is 1. The van der Waals surface area contributed by atoms with Crippen LogP contribution in [0.5, 0.6) is 5.75 Å². The third-order valence-corrected chi connectivity index (χ3v) is 6.69. The molecule has 0 spiro atoms. The van der Waals surface area contributed by atoms with E-state index in [1.807, 2.05) is 18.5 Å². The quantitative estimate of drug-likeness (QED) is 0.532. The molecule has 32 heavy (non-hydrogen) atoms. The van der Waals surface area contributed by atoms with Crippen LogP contribution in [0.25, 0.3) is 33.3 Å². The summed E-state index contributed by atoms with van der Waals surface area (Å²) < 4.78 is 7.89. The molecule has 5 heterocycles. The summed E-state index contributed by atoms with van der Waals surface area (Å²) in [7, 11) is 3.92. The number of ether oxygens (including phenoxy) is 1. The Bertz CT molecular complexity index is 1400. The summed E-state index contributed by atoms with van der Waals surface area (Å²) in [4.78, 5) is 24.9. The number of H-pyrrole nitrogens is 1. The van der Waals surface area contributed by atoms with E-state index < -0.39 is 0 Å². The smallest absolute Gasteiger partial charge is 0.250 e. The molecular weight excluding hydrogens is 402 g/mol. The molecule has 3 aromatic heterocycles. The zero-order valence-corrected chi connectivity index (χ0v) is 18.3. The number of benzene rings is 1.